The Bertz CT molecular complexity index is 885. The van der Waals surface area contributed by atoms with Crippen LogP contribution in [-0.2, 0) is 14.3 Å². The van der Waals surface area contributed by atoms with Gasteiger partial charge in [0.25, 0.3) is 5.91 Å². The third-order valence-corrected chi connectivity index (χ3v) is 4.44. The van der Waals surface area contributed by atoms with Gasteiger partial charge >= 0.3 is 5.97 Å². The fourth-order valence-electron chi connectivity index (χ4n) is 2.67. The number of halogens is 2. The van der Waals surface area contributed by atoms with E-state index in [1.54, 1.807) is 6.07 Å². The van der Waals surface area contributed by atoms with E-state index < -0.39 is 23.8 Å². The highest BCUT2D eigenvalue weighted by Gasteiger charge is 2.18. The van der Waals surface area contributed by atoms with Crippen molar-refractivity contribution in [1.82, 2.24) is 0 Å². The van der Waals surface area contributed by atoms with Crippen LogP contribution < -0.4 is 5.32 Å². The van der Waals surface area contributed by atoms with Crippen molar-refractivity contribution in [2.45, 2.75) is 33.8 Å². The number of carbonyl (C=O) groups is 2. The predicted octanol–water partition coefficient (Wildman–Crippen LogP) is 5.10. The molecule has 1 unspecified atom stereocenters. The summed E-state index contributed by atoms with van der Waals surface area (Å²) < 4.78 is 19.5. The molecule has 0 spiro atoms. The number of anilines is 1. The van der Waals surface area contributed by atoms with Crippen LogP contribution in [0.2, 0.25) is 0 Å². The number of amides is 1. The van der Waals surface area contributed by atoms with Gasteiger partial charge in [-0.2, -0.15) is 0 Å². The summed E-state index contributed by atoms with van der Waals surface area (Å²) >= 11 is 3.24. The van der Waals surface area contributed by atoms with Gasteiger partial charge in [-0.25, -0.2) is 9.18 Å². The first kappa shape index (κ1) is 20.8. The molecule has 0 aliphatic carbocycles. The van der Waals surface area contributed by atoms with Gasteiger partial charge in [-0.3, -0.25) is 4.79 Å². The Morgan fingerprint density at radius 1 is 1.15 bits per heavy atom. The molecule has 1 atom stereocenters. The predicted molar refractivity (Wildman–Crippen MR) is 108 cm³/mol. The average Bonchev–Trinajstić information content (AvgIpc) is 2.58. The van der Waals surface area contributed by atoms with Gasteiger partial charge in [0.2, 0.25) is 0 Å². The molecule has 0 saturated heterocycles. The summed E-state index contributed by atoms with van der Waals surface area (Å²) in [7, 11) is 0. The van der Waals surface area contributed by atoms with Crippen LogP contribution in [0.5, 0.6) is 0 Å². The van der Waals surface area contributed by atoms with Crippen LogP contribution in [0.1, 0.15) is 29.2 Å². The van der Waals surface area contributed by atoms with Crippen LogP contribution in [0.15, 0.2) is 40.9 Å². The smallest absolute Gasteiger partial charge is 0.331 e. The zero-order chi connectivity index (χ0) is 20.1. The molecular formula is C21H21BrFNO3. The van der Waals surface area contributed by atoms with Crippen LogP contribution in [0.4, 0.5) is 10.1 Å². The summed E-state index contributed by atoms with van der Waals surface area (Å²) in [5.74, 6) is -1.62. The zero-order valence-electron chi connectivity index (χ0n) is 15.6. The third kappa shape index (κ3) is 5.76. The van der Waals surface area contributed by atoms with Crippen molar-refractivity contribution < 1.29 is 18.7 Å². The minimum atomic E-state index is -0.991. The van der Waals surface area contributed by atoms with Gasteiger partial charge in [-0.05, 0) is 63.1 Å². The Morgan fingerprint density at radius 3 is 2.41 bits per heavy atom. The molecule has 0 aliphatic rings. The lowest BCUT2D eigenvalue weighted by molar-refractivity contribution is -0.148. The molecule has 6 heteroatoms. The number of carbonyl (C=O) groups excluding carboxylic acids is 2. The van der Waals surface area contributed by atoms with Crippen LogP contribution in [-0.4, -0.2) is 18.0 Å². The van der Waals surface area contributed by atoms with E-state index in [-0.39, 0.29) is 5.56 Å². The summed E-state index contributed by atoms with van der Waals surface area (Å²) in [6.45, 7) is 7.28. The summed E-state index contributed by atoms with van der Waals surface area (Å²) in [5, 5.41) is 2.79. The Morgan fingerprint density at radius 2 is 1.78 bits per heavy atom. The largest absolute Gasteiger partial charge is 0.449 e. The molecule has 0 aromatic heterocycles. The lowest BCUT2D eigenvalue weighted by atomic mass is 10.0. The highest BCUT2D eigenvalue weighted by atomic mass is 79.9. The molecule has 0 bridgehead atoms. The molecule has 0 fully saturated rings. The van der Waals surface area contributed by atoms with Gasteiger partial charge in [-0.15, -0.1) is 0 Å². The SMILES string of the molecule is Cc1cc(C)c(NC(=O)C(C)OC(=O)/C=C/c2cc(Br)ccc2F)c(C)c1. The Kier molecular flexibility index (Phi) is 6.91. The Balaban J connectivity index is 2.01. The second kappa shape index (κ2) is 8.95. The van der Waals surface area contributed by atoms with Gasteiger partial charge < -0.3 is 10.1 Å². The molecule has 1 amide bonds. The number of esters is 1. The number of hydrogen-bond acceptors (Lipinski definition) is 3. The third-order valence-electron chi connectivity index (χ3n) is 3.94. The van der Waals surface area contributed by atoms with E-state index in [1.807, 2.05) is 32.9 Å². The monoisotopic (exact) mass is 433 g/mol. The highest BCUT2D eigenvalue weighted by molar-refractivity contribution is 9.10. The number of ether oxygens (including phenoxy) is 1. The highest BCUT2D eigenvalue weighted by Crippen LogP contribution is 2.22. The second-order valence-corrected chi connectivity index (χ2v) is 7.26. The lowest BCUT2D eigenvalue weighted by Gasteiger charge is -2.16. The van der Waals surface area contributed by atoms with Gasteiger partial charge in [0.1, 0.15) is 5.82 Å². The lowest BCUT2D eigenvalue weighted by Crippen LogP contribution is -2.30. The first-order valence-electron chi connectivity index (χ1n) is 8.40. The van der Waals surface area contributed by atoms with E-state index in [0.29, 0.717) is 10.2 Å². The maximum atomic E-state index is 13.7. The van der Waals surface area contributed by atoms with Crippen molar-refractivity contribution in [3.63, 3.8) is 0 Å². The van der Waals surface area contributed by atoms with Crippen molar-refractivity contribution >= 4 is 39.6 Å². The van der Waals surface area contributed by atoms with Gasteiger partial charge in [-0.1, -0.05) is 33.6 Å². The number of benzene rings is 2. The summed E-state index contributed by atoms with van der Waals surface area (Å²) in [5.41, 5.74) is 3.92. The van der Waals surface area contributed by atoms with E-state index in [4.69, 9.17) is 4.74 Å². The van der Waals surface area contributed by atoms with Crippen LogP contribution in [0.3, 0.4) is 0 Å². The molecule has 0 saturated carbocycles. The minimum Gasteiger partial charge on any atom is -0.449 e. The van der Waals surface area contributed by atoms with Crippen LogP contribution in [0, 0.1) is 26.6 Å². The normalized spacial score (nSPS) is 12.1. The molecular weight excluding hydrogens is 413 g/mol. The molecule has 27 heavy (non-hydrogen) atoms. The second-order valence-electron chi connectivity index (χ2n) is 6.34. The van der Waals surface area contributed by atoms with Gasteiger partial charge in [0, 0.05) is 21.8 Å². The first-order chi connectivity index (χ1) is 12.7. The summed E-state index contributed by atoms with van der Waals surface area (Å²) in [6, 6.07) is 8.32. The van der Waals surface area contributed by atoms with Crippen molar-refractivity contribution in [3.8, 4) is 0 Å². The molecule has 4 nitrogen and oxygen atoms in total. The van der Waals surface area contributed by atoms with Crippen LogP contribution >= 0.6 is 15.9 Å². The fourth-order valence-corrected chi connectivity index (χ4v) is 3.05. The quantitative estimate of drug-likeness (QED) is 0.527. The van der Waals surface area contributed by atoms with E-state index in [2.05, 4.69) is 21.2 Å². The van der Waals surface area contributed by atoms with E-state index in [0.717, 1.165) is 22.8 Å². The number of rotatable bonds is 5. The molecule has 2 aromatic rings. The molecule has 142 valence electrons. The zero-order valence-corrected chi connectivity index (χ0v) is 17.2. The van der Waals surface area contributed by atoms with Crippen molar-refractivity contribution in [1.29, 1.82) is 0 Å². The Hall–Kier alpha value is -2.47. The van der Waals surface area contributed by atoms with Crippen molar-refractivity contribution in [2.75, 3.05) is 5.32 Å². The molecule has 0 aliphatic heterocycles. The van der Waals surface area contributed by atoms with E-state index in [9.17, 15) is 14.0 Å². The fraction of sp³-hybridized carbons (Fsp3) is 0.238. The number of nitrogens with one attached hydrogen (secondary N) is 1. The van der Waals surface area contributed by atoms with Crippen LogP contribution in [0.25, 0.3) is 6.08 Å². The number of aryl methyl sites for hydroxylation is 3. The standard InChI is InChI=1S/C21H21BrFNO3/c1-12-9-13(2)20(14(3)10-12)24-21(26)15(4)27-19(25)8-5-16-11-17(22)6-7-18(16)23/h5-11,15H,1-4H3,(H,24,26)/b8-5+. The molecule has 1 N–H and O–H groups in total. The van der Waals surface area contributed by atoms with E-state index >= 15 is 0 Å². The molecule has 2 aromatic carbocycles. The Labute approximate surface area is 166 Å². The first-order valence-corrected chi connectivity index (χ1v) is 9.19. The maximum Gasteiger partial charge on any atom is 0.331 e. The molecule has 0 radical (unpaired) electrons. The maximum absolute atomic E-state index is 13.7. The summed E-state index contributed by atoms with van der Waals surface area (Å²) in [4.78, 5) is 24.3. The number of hydrogen-bond donors (Lipinski definition) is 1. The average molecular weight is 434 g/mol. The minimum absolute atomic E-state index is 0.240. The van der Waals surface area contributed by atoms with E-state index in [1.165, 1.54) is 25.1 Å². The molecule has 0 heterocycles. The summed E-state index contributed by atoms with van der Waals surface area (Å²) in [6.07, 6.45) is 1.41. The van der Waals surface area contributed by atoms with Gasteiger partial charge in [0.15, 0.2) is 6.10 Å². The molecule has 2 rings (SSSR count). The topological polar surface area (TPSA) is 55.4 Å². The van der Waals surface area contributed by atoms with Crippen molar-refractivity contribution in [2.24, 2.45) is 0 Å². The van der Waals surface area contributed by atoms with Gasteiger partial charge in [0.05, 0.1) is 0 Å². The van der Waals surface area contributed by atoms with Crippen molar-refractivity contribution in [3.05, 3.63) is 69.0 Å².